The average Bonchev–Trinajstić information content (AvgIpc) is 3.29. The summed E-state index contributed by atoms with van der Waals surface area (Å²) in [4.78, 5) is 48.9. The number of benzene rings is 1. The Balaban J connectivity index is 1.34. The maximum absolute atomic E-state index is 14.5. The molecule has 4 heterocycles. The fourth-order valence-corrected chi connectivity index (χ4v) is 9.69. The van der Waals surface area contributed by atoms with Gasteiger partial charge in [0.1, 0.15) is 6.04 Å². The summed E-state index contributed by atoms with van der Waals surface area (Å²) < 4.78 is -0.750. The third kappa shape index (κ3) is 4.81. The predicted molar refractivity (Wildman–Crippen MR) is 156 cm³/mol. The molecule has 1 unspecified atom stereocenters. The minimum atomic E-state index is -0.750. The van der Waals surface area contributed by atoms with E-state index in [1.165, 1.54) is 6.42 Å². The normalized spacial score (nSPS) is 32.2. The lowest BCUT2D eigenvalue weighted by molar-refractivity contribution is -0.145. The molecule has 0 bridgehead atoms. The molecule has 1 aromatic carbocycles. The van der Waals surface area contributed by atoms with E-state index in [9.17, 15) is 19.5 Å². The van der Waals surface area contributed by atoms with Crippen molar-refractivity contribution in [1.29, 1.82) is 0 Å². The molecular weight excluding hydrogens is 522 g/mol. The molecule has 5 atom stereocenters. The summed E-state index contributed by atoms with van der Waals surface area (Å²) in [6.07, 6.45) is 16.2. The van der Waals surface area contributed by atoms with Gasteiger partial charge in [0.05, 0.1) is 16.6 Å². The Hall–Kier alpha value is -2.58. The summed E-state index contributed by atoms with van der Waals surface area (Å²) in [5, 5.41) is 9.16. The minimum Gasteiger partial charge on any atom is -0.396 e. The zero-order valence-corrected chi connectivity index (χ0v) is 24.0. The lowest BCUT2D eigenvalue weighted by Gasteiger charge is -2.39. The zero-order chi connectivity index (χ0) is 27.7. The van der Waals surface area contributed by atoms with E-state index in [-0.39, 0.29) is 35.6 Å². The lowest BCUT2D eigenvalue weighted by atomic mass is 9.78. The second-order valence-electron chi connectivity index (χ2n) is 12.0. The van der Waals surface area contributed by atoms with Gasteiger partial charge in [0, 0.05) is 44.1 Å². The van der Waals surface area contributed by atoms with Crippen LogP contribution in [0.3, 0.4) is 0 Å². The maximum atomic E-state index is 14.5. The monoisotopic (exact) mass is 563 g/mol. The van der Waals surface area contributed by atoms with Crippen molar-refractivity contribution in [2.75, 3.05) is 26.2 Å². The minimum absolute atomic E-state index is 0.0108. The first-order valence-electron chi connectivity index (χ1n) is 15.1. The molecule has 6 rings (SSSR count). The Morgan fingerprint density at radius 1 is 0.900 bits per heavy atom. The molecule has 7 nitrogen and oxygen atoms in total. The highest BCUT2D eigenvalue weighted by Gasteiger charge is 2.71. The number of fused-ring (bicyclic) bond motifs is 2. The molecule has 3 amide bonds. The van der Waals surface area contributed by atoms with E-state index in [0.717, 1.165) is 44.1 Å². The van der Waals surface area contributed by atoms with Crippen LogP contribution >= 0.6 is 11.8 Å². The quantitative estimate of drug-likeness (QED) is 0.385. The van der Waals surface area contributed by atoms with Crippen molar-refractivity contribution in [3.05, 3.63) is 60.2 Å². The number of likely N-dealkylation sites (tertiary alicyclic amines) is 1. The maximum Gasteiger partial charge on any atom is 0.247 e. The molecule has 2 saturated heterocycles. The van der Waals surface area contributed by atoms with Crippen LogP contribution in [0.4, 0.5) is 0 Å². The largest absolute Gasteiger partial charge is 0.396 e. The highest BCUT2D eigenvalue weighted by atomic mass is 32.2. The van der Waals surface area contributed by atoms with Crippen molar-refractivity contribution in [3.63, 3.8) is 0 Å². The van der Waals surface area contributed by atoms with Crippen molar-refractivity contribution in [3.8, 4) is 0 Å². The molecule has 1 saturated carbocycles. The van der Waals surface area contributed by atoms with Gasteiger partial charge in [0.15, 0.2) is 0 Å². The molecule has 3 fully saturated rings. The predicted octanol–water partition coefficient (Wildman–Crippen LogP) is 3.78. The van der Waals surface area contributed by atoms with Crippen LogP contribution in [0.2, 0.25) is 0 Å². The summed E-state index contributed by atoms with van der Waals surface area (Å²) in [6, 6.07) is 9.61. The molecule has 1 aromatic rings. The van der Waals surface area contributed by atoms with Gasteiger partial charge in [-0.2, -0.15) is 0 Å². The van der Waals surface area contributed by atoms with Gasteiger partial charge in [-0.1, -0.05) is 73.9 Å². The molecular formula is C32H41N3O4S. The number of thioether (sulfide) groups is 1. The van der Waals surface area contributed by atoms with Crippen molar-refractivity contribution >= 4 is 29.5 Å². The number of nitrogens with zero attached hydrogens (tertiary/aromatic N) is 3. The van der Waals surface area contributed by atoms with Crippen LogP contribution in [0.25, 0.3) is 0 Å². The highest BCUT2D eigenvalue weighted by Crippen LogP contribution is 2.61. The van der Waals surface area contributed by atoms with Gasteiger partial charge in [-0.3, -0.25) is 14.4 Å². The third-order valence-corrected chi connectivity index (χ3v) is 11.3. The van der Waals surface area contributed by atoms with Gasteiger partial charge < -0.3 is 19.8 Å². The molecule has 8 heteroatoms. The Kier molecular flexibility index (Phi) is 8.09. The number of aliphatic hydroxyl groups is 1. The molecule has 40 heavy (non-hydrogen) atoms. The molecule has 214 valence electrons. The first-order chi connectivity index (χ1) is 19.5. The SMILES string of the molecule is O=C1[C@@H]2[C@H]3C(=O)N(CCCCCO)C4C(=O)N(C5CCCCC5)CC=C[C@@]43S[C@@H]2C=CCN1Cc1ccccc1. The highest BCUT2D eigenvalue weighted by molar-refractivity contribution is 8.02. The molecule has 4 aliphatic heterocycles. The first kappa shape index (κ1) is 27.6. The van der Waals surface area contributed by atoms with Crippen LogP contribution in [0.15, 0.2) is 54.6 Å². The average molecular weight is 564 g/mol. The number of unbranched alkanes of at least 4 members (excludes halogenated alkanes) is 2. The third-order valence-electron chi connectivity index (χ3n) is 9.56. The zero-order valence-electron chi connectivity index (χ0n) is 23.2. The summed E-state index contributed by atoms with van der Waals surface area (Å²) in [6.45, 7) is 2.20. The van der Waals surface area contributed by atoms with Gasteiger partial charge in [-0.15, -0.1) is 11.8 Å². The number of aliphatic hydroxyl groups excluding tert-OH is 1. The van der Waals surface area contributed by atoms with E-state index >= 15 is 0 Å². The number of rotatable bonds is 8. The molecule has 0 radical (unpaired) electrons. The van der Waals surface area contributed by atoms with Gasteiger partial charge >= 0.3 is 0 Å². The topological polar surface area (TPSA) is 81.2 Å². The van der Waals surface area contributed by atoms with Crippen LogP contribution in [-0.2, 0) is 20.9 Å². The Morgan fingerprint density at radius 2 is 1.70 bits per heavy atom. The number of carbonyl (C=O) groups is 3. The van der Waals surface area contributed by atoms with Crippen LogP contribution in [0.1, 0.15) is 56.9 Å². The van der Waals surface area contributed by atoms with E-state index in [4.69, 9.17) is 0 Å². The number of hydrogen-bond donors (Lipinski definition) is 1. The van der Waals surface area contributed by atoms with Crippen LogP contribution < -0.4 is 0 Å². The number of amides is 3. The van der Waals surface area contributed by atoms with E-state index in [2.05, 4.69) is 24.3 Å². The lowest BCUT2D eigenvalue weighted by Crippen LogP contribution is -2.55. The summed E-state index contributed by atoms with van der Waals surface area (Å²) >= 11 is 1.67. The molecule has 0 aromatic heterocycles. The van der Waals surface area contributed by atoms with Crippen molar-refractivity contribution in [2.45, 2.75) is 80.0 Å². The standard InChI is InChI=1S/C32H41N3O4S/c36-21-9-3-8-19-35-28-31(39)34(24-14-6-2-7-15-24)20-11-17-32(28)27(30(35)38)26-25(40-32)16-10-18-33(29(26)37)22-23-12-4-1-5-13-23/h1,4-5,10-13,16-17,24-28,36H,2-3,6-9,14-15,18-22H2/t25-,26+,27+,28?,32+/m1/s1. The van der Waals surface area contributed by atoms with E-state index in [1.807, 2.05) is 45.0 Å². The second kappa shape index (κ2) is 11.7. The number of carbonyl (C=O) groups excluding carboxylic acids is 3. The van der Waals surface area contributed by atoms with Crippen molar-refractivity contribution < 1.29 is 19.5 Å². The van der Waals surface area contributed by atoms with Gasteiger partial charge in [0.2, 0.25) is 17.7 Å². The Labute approximate surface area is 241 Å². The van der Waals surface area contributed by atoms with Gasteiger partial charge in [0.25, 0.3) is 0 Å². The molecule has 1 aliphatic carbocycles. The molecule has 1 spiro atoms. The second-order valence-corrected chi connectivity index (χ2v) is 13.5. The van der Waals surface area contributed by atoms with Crippen LogP contribution in [-0.4, -0.2) is 85.8 Å². The van der Waals surface area contributed by atoms with Gasteiger partial charge in [-0.05, 0) is 37.7 Å². The van der Waals surface area contributed by atoms with Crippen molar-refractivity contribution in [2.24, 2.45) is 11.8 Å². The summed E-state index contributed by atoms with van der Waals surface area (Å²) in [5.41, 5.74) is 1.07. The number of hydrogen-bond acceptors (Lipinski definition) is 5. The van der Waals surface area contributed by atoms with Gasteiger partial charge in [-0.25, -0.2) is 0 Å². The Morgan fingerprint density at radius 3 is 2.48 bits per heavy atom. The van der Waals surface area contributed by atoms with E-state index in [1.54, 1.807) is 11.8 Å². The fourth-order valence-electron chi connectivity index (χ4n) is 7.68. The smallest absolute Gasteiger partial charge is 0.247 e. The van der Waals surface area contributed by atoms with Crippen molar-refractivity contribution in [1.82, 2.24) is 14.7 Å². The fraction of sp³-hybridized carbons (Fsp3) is 0.594. The van der Waals surface area contributed by atoms with E-state index < -0.39 is 22.6 Å². The van der Waals surface area contributed by atoms with Crippen LogP contribution in [0.5, 0.6) is 0 Å². The van der Waals surface area contributed by atoms with E-state index in [0.29, 0.717) is 32.6 Å². The summed E-state index contributed by atoms with van der Waals surface area (Å²) in [5.74, 6) is -1.05. The van der Waals surface area contributed by atoms with Crippen LogP contribution in [0, 0.1) is 11.8 Å². The molecule has 1 N–H and O–H groups in total. The summed E-state index contributed by atoms with van der Waals surface area (Å²) in [7, 11) is 0. The Bertz CT molecular complexity index is 1170. The first-order valence-corrected chi connectivity index (χ1v) is 16.0. The molecule has 5 aliphatic rings.